The quantitative estimate of drug-likeness (QED) is 0.626. The second-order valence-electron chi connectivity index (χ2n) is 5.75. The zero-order valence-electron chi connectivity index (χ0n) is 13.8. The largest absolute Gasteiger partial charge is 0.321 e. The summed E-state index contributed by atoms with van der Waals surface area (Å²) in [4.78, 5) is 24.9. The van der Waals surface area contributed by atoms with Crippen LogP contribution in [0.25, 0.3) is 11.3 Å². The average Bonchev–Trinajstić information content (AvgIpc) is 3.20. The number of aryl methyl sites for hydroxylation is 1. The van der Waals surface area contributed by atoms with Gasteiger partial charge in [-0.05, 0) is 38.1 Å². The van der Waals surface area contributed by atoms with Crippen molar-refractivity contribution in [1.29, 1.82) is 0 Å². The Hall–Kier alpha value is -3.48. The third-order valence-electron chi connectivity index (χ3n) is 4.15. The molecule has 1 aromatic carbocycles. The van der Waals surface area contributed by atoms with E-state index in [1.54, 1.807) is 35.5 Å². The van der Waals surface area contributed by atoms with Gasteiger partial charge in [-0.25, -0.2) is 9.97 Å². The molecule has 25 heavy (non-hydrogen) atoms. The highest BCUT2D eigenvalue weighted by Gasteiger charge is 2.11. The molecule has 0 atom stereocenters. The summed E-state index contributed by atoms with van der Waals surface area (Å²) < 4.78 is 3.77. The molecule has 7 nitrogen and oxygen atoms in total. The van der Waals surface area contributed by atoms with Crippen molar-refractivity contribution >= 4 is 17.2 Å². The first-order valence-corrected chi connectivity index (χ1v) is 7.83. The Morgan fingerprint density at radius 1 is 1.16 bits per heavy atom. The highest BCUT2D eigenvalue weighted by atomic mass is 16.1. The van der Waals surface area contributed by atoms with E-state index < -0.39 is 0 Å². The number of carbonyl (C=O) groups is 1. The summed E-state index contributed by atoms with van der Waals surface area (Å²) in [5.41, 5.74) is 4.77. The van der Waals surface area contributed by atoms with E-state index in [0.717, 1.165) is 17.1 Å². The molecule has 0 fully saturated rings. The Labute approximate surface area is 144 Å². The zero-order valence-corrected chi connectivity index (χ0v) is 13.8. The van der Waals surface area contributed by atoms with Crippen LogP contribution in [-0.4, -0.2) is 29.8 Å². The number of hydrogen-bond acceptors (Lipinski definition) is 4. The summed E-state index contributed by atoms with van der Waals surface area (Å²) in [6.45, 7) is 4.00. The molecule has 4 rings (SSSR count). The maximum atomic E-state index is 12.4. The summed E-state index contributed by atoms with van der Waals surface area (Å²) in [5, 5.41) is 2.86. The Morgan fingerprint density at radius 3 is 2.64 bits per heavy atom. The molecule has 1 N–H and O–H groups in total. The lowest BCUT2D eigenvalue weighted by molar-refractivity contribution is 0.102. The monoisotopic (exact) mass is 332 g/mol. The van der Waals surface area contributed by atoms with Gasteiger partial charge in [0.1, 0.15) is 5.69 Å². The fraction of sp³-hybridized carbons (Fsp3) is 0.111. The summed E-state index contributed by atoms with van der Waals surface area (Å²) in [6.07, 6.45) is 8.49. The lowest BCUT2D eigenvalue weighted by Gasteiger charge is -2.08. The van der Waals surface area contributed by atoms with Gasteiger partial charge in [0.25, 0.3) is 5.91 Å². The number of carbonyl (C=O) groups excluding carboxylic acids is 1. The summed E-state index contributed by atoms with van der Waals surface area (Å²) in [5.74, 6) is -0.258. The van der Waals surface area contributed by atoms with E-state index in [9.17, 15) is 4.79 Å². The summed E-state index contributed by atoms with van der Waals surface area (Å²) in [7, 11) is 0. The number of anilines is 1. The van der Waals surface area contributed by atoms with Gasteiger partial charge < -0.3 is 14.3 Å². The minimum Gasteiger partial charge on any atom is -0.321 e. The van der Waals surface area contributed by atoms with Gasteiger partial charge in [0.15, 0.2) is 5.65 Å². The van der Waals surface area contributed by atoms with E-state index in [1.165, 1.54) is 0 Å². The first kappa shape index (κ1) is 15.1. The van der Waals surface area contributed by atoms with Crippen LogP contribution < -0.4 is 5.32 Å². The molecule has 0 bridgehead atoms. The van der Waals surface area contributed by atoms with Gasteiger partial charge in [-0.15, -0.1) is 0 Å². The topological polar surface area (TPSA) is 77.1 Å². The van der Waals surface area contributed by atoms with Crippen molar-refractivity contribution in [3.8, 4) is 5.69 Å². The summed E-state index contributed by atoms with van der Waals surface area (Å²) >= 11 is 0. The molecule has 0 saturated carbocycles. The molecule has 3 heterocycles. The minimum absolute atomic E-state index is 0.258. The molecule has 0 aliphatic rings. The van der Waals surface area contributed by atoms with Crippen molar-refractivity contribution in [2.24, 2.45) is 0 Å². The first-order chi connectivity index (χ1) is 12.1. The Kier molecular flexibility index (Phi) is 3.53. The van der Waals surface area contributed by atoms with E-state index in [-0.39, 0.29) is 5.91 Å². The minimum atomic E-state index is -0.258. The van der Waals surface area contributed by atoms with Crippen molar-refractivity contribution < 1.29 is 4.79 Å². The third kappa shape index (κ3) is 2.76. The molecule has 0 spiro atoms. The first-order valence-electron chi connectivity index (χ1n) is 7.83. The van der Waals surface area contributed by atoms with Crippen molar-refractivity contribution in [2.45, 2.75) is 13.8 Å². The number of nitrogens with one attached hydrogen (secondary N) is 1. The Balaban J connectivity index is 1.54. The van der Waals surface area contributed by atoms with Crippen LogP contribution in [0.15, 0.2) is 55.4 Å². The van der Waals surface area contributed by atoms with Crippen molar-refractivity contribution in [3.63, 3.8) is 0 Å². The fourth-order valence-corrected chi connectivity index (χ4v) is 2.61. The van der Waals surface area contributed by atoms with Crippen LogP contribution in [0.5, 0.6) is 0 Å². The Bertz CT molecular complexity index is 1030. The predicted octanol–water partition coefficient (Wildman–Crippen LogP) is 2.78. The fourth-order valence-electron chi connectivity index (χ4n) is 2.61. The molecule has 3 aromatic heterocycles. The molecule has 0 radical (unpaired) electrons. The van der Waals surface area contributed by atoms with E-state index >= 15 is 0 Å². The van der Waals surface area contributed by atoms with Crippen LogP contribution in [0, 0.1) is 13.8 Å². The van der Waals surface area contributed by atoms with Gasteiger partial charge in [-0.3, -0.25) is 9.78 Å². The summed E-state index contributed by atoms with van der Waals surface area (Å²) in [6, 6.07) is 7.60. The van der Waals surface area contributed by atoms with Crippen LogP contribution in [0.1, 0.15) is 21.9 Å². The van der Waals surface area contributed by atoms with Gasteiger partial charge in [0, 0.05) is 35.7 Å². The number of fused-ring (bicyclic) bond motifs is 1. The van der Waals surface area contributed by atoms with Crippen LogP contribution in [0.3, 0.4) is 0 Å². The second-order valence-corrected chi connectivity index (χ2v) is 5.75. The molecule has 0 aliphatic carbocycles. The highest BCUT2D eigenvalue weighted by Crippen LogP contribution is 2.17. The van der Waals surface area contributed by atoms with E-state index in [0.29, 0.717) is 17.0 Å². The normalized spacial score (nSPS) is 11.0. The predicted molar refractivity (Wildman–Crippen MR) is 94.0 cm³/mol. The van der Waals surface area contributed by atoms with Gasteiger partial charge >= 0.3 is 0 Å². The van der Waals surface area contributed by atoms with Gasteiger partial charge in [0.05, 0.1) is 18.2 Å². The maximum absolute atomic E-state index is 12.4. The highest BCUT2D eigenvalue weighted by molar-refractivity contribution is 6.03. The average molecular weight is 332 g/mol. The molecular weight excluding hydrogens is 316 g/mol. The smallest absolute Gasteiger partial charge is 0.275 e. The van der Waals surface area contributed by atoms with Crippen molar-refractivity contribution in [1.82, 2.24) is 23.9 Å². The molecule has 0 saturated heterocycles. The van der Waals surface area contributed by atoms with E-state index in [4.69, 9.17) is 0 Å². The molecule has 4 aromatic rings. The standard InChI is InChI=1S/C18H16N6O/c1-12-13(2)24(11-20-12)15-5-3-14(4-6-15)21-18(25)16-10-23-8-7-19-9-17(23)22-16/h3-11H,1-2H3,(H,21,25). The van der Waals surface area contributed by atoms with Gasteiger partial charge in [-0.1, -0.05) is 0 Å². The lowest BCUT2D eigenvalue weighted by Crippen LogP contribution is -2.12. The number of hydrogen-bond donors (Lipinski definition) is 1. The molecule has 0 unspecified atom stereocenters. The number of benzene rings is 1. The second kappa shape index (κ2) is 5.86. The van der Waals surface area contributed by atoms with E-state index in [2.05, 4.69) is 20.3 Å². The SMILES string of the molecule is Cc1ncn(-c2ccc(NC(=O)c3cn4ccncc4n3)cc2)c1C. The van der Waals surface area contributed by atoms with Crippen LogP contribution in [0.2, 0.25) is 0 Å². The Morgan fingerprint density at radius 2 is 1.96 bits per heavy atom. The number of nitrogens with zero attached hydrogens (tertiary/aromatic N) is 5. The molecule has 7 heteroatoms. The van der Waals surface area contributed by atoms with E-state index in [1.807, 2.05) is 42.7 Å². The van der Waals surface area contributed by atoms with Crippen LogP contribution in [0.4, 0.5) is 5.69 Å². The maximum Gasteiger partial charge on any atom is 0.275 e. The third-order valence-corrected chi connectivity index (χ3v) is 4.15. The van der Waals surface area contributed by atoms with Crippen LogP contribution >= 0.6 is 0 Å². The molecule has 0 aliphatic heterocycles. The van der Waals surface area contributed by atoms with Gasteiger partial charge in [0.2, 0.25) is 0 Å². The number of aromatic nitrogens is 5. The molecule has 124 valence electrons. The zero-order chi connectivity index (χ0) is 17.4. The van der Waals surface area contributed by atoms with Crippen LogP contribution in [-0.2, 0) is 0 Å². The lowest BCUT2D eigenvalue weighted by atomic mass is 10.2. The van der Waals surface area contributed by atoms with Crippen molar-refractivity contribution in [3.05, 3.63) is 72.5 Å². The molecular formula is C18H16N6O. The number of imidazole rings is 2. The van der Waals surface area contributed by atoms with Gasteiger partial charge in [-0.2, -0.15) is 0 Å². The van der Waals surface area contributed by atoms with Crippen molar-refractivity contribution in [2.75, 3.05) is 5.32 Å². The number of rotatable bonds is 3. The molecule has 1 amide bonds. The number of amides is 1.